The second-order valence-corrected chi connectivity index (χ2v) is 8.06. The van der Waals surface area contributed by atoms with E-state index in [-0.39, 0.29) is 12.0 Å². The minimum absolute atomic E-state index is 0.0900. The Morgan fingerprint density at radius 3 is 2.71 bits per heavy atom. The van der Waals surface area contributed by atoms with E-state index in [2.05, 4.69) is 28.5 Å². The van der Waals surface area contributed by atoms with E-state index in [0.717, 1.165) is 50.6 Å². The fourth-order valence-corrected chi connectivity index (χ4v) is 3.68. The van der Waals surface area contributed by atoms with Gasteiger partial charge in [-0.3, -0.25) is 4.79 Å². The molecule has 0 unspecified atom stereocenters. The molecule has 2 aromatic rings. The molecule has 1 aromatic heterocycles. The summed E-state index contributed by atoms with van der Waals surface area (Å²) in [5.74, 6) is 2.27. The first-order valence-electron chi connectivity index (χ1n) is 10.2. The van der Waals surface area contributed by atoms with Gasteiger partial charge in [0.1, 0.15) is 11.6 Å². The summed E-state index contributed by atoms with van der Waals surface area (Å²) in [5, 5.41) is 0. The number of benzene rings is 1. The van der Waals surface area contributed by atoms with Gasteiger partial charge in [0.2, 0.25) is 0 Å². The molecule has 2 heterocycles. The molecule has 3 rings (SSSR count). The molecule has 0 saturated carbocycles. The average molecular weight is 385 g/mol. The number of piperidine rings is 1. The van der Waals surface area contributed by atoms with Crippen LogP contribution in [-0.2, 0) is 6.54 Å². The van der Waals surface area contributed by atoms with Crippen LogP contribution in [0.4, 0.5) is 0 Å². The minimum Gasteiger partial charge on any atom is -0.491 e. The maximum atomic E-state index is 13.0. The molecule has 1 atom stereocenters. The molecule has 1 aliphatic heterocycles. The highest BCUT2D eigenvalue weighted by atomic mass is 16.5. The number of carbonyl (C=O) groups is 1. The average Bonchev–Trinajstić information content (AvgIpc) is 3.15. The smallest absolute Gasteiger partial charge is 0.253 e. The molecule has 28 heavy (non-hydrogen) atoms. The van der Waals surface area contributed by atoms with E-state index in [1.165, 1.54) is 0 Å². The minimum atomic E-state index is 0.0900. The van der Waals surface area contributed by atoms with Crippen molar-refractivity contribution >= 4 is 5.91 Å². The normalized spacial score (nSPS) is 17.4. The predicted octanol–water partition coefficient (Wildman–Crippen LogP) is 3.25. The van der Waals surface area contributed by atoms with Crippen LogP contribution in [0.25, 0.3) is 0 Å². The van der Waals surface area contributed by atoms with Crippen molar-refractivity contribution in [3.05, 3.63) is 48.0 Å². The van der Waals surface area contributed by atoms with Gasteiger partial charge >= 0.3 is 0 Å². The first kappa shape index (κ1) is 20.4. The van der Waals surface area contributed by atoms with E-state index in [9.17, 15) is 4.79 Å². The van der Waals surface area contributed by atoms with Crippen molar-refractivity contribution in [2.45, 2.75) is 45.3 Å². The third-order valence-electron chi connectivity index (χ3n) is 5.08. The lowest BCUT2D eigenvalue weighted by Gasteiger charge is -2.33. The maximum absolute atomic E-state index is 13.0. The van der Waals surface area contributed by atoms with Gasteiger partial charge in [-0.05, 0) is 65.0 Å². The van der Waals surface area contributed by atoms with Crippen LogP contribution in [0.1, 0.15) is 48.8 Å². The summed E-state index contributed by atoms with van der Waals surface area (Å²) in [6.07, 6.45) is 6.13. The van der Waals surface area contributed by atoms with Gasteiger partial charge in [-0.2, -0.15) is 0 Å². The Balaban J connectivity index is 1.66. The zero-order valence-electron chi connectivity index (χ0n) is 17.5. The SMILES string of the molecule is CC(C)Oc1ccc(C(=O)N2CCC[C@@H](c3nccn3CCN(C)C)C2)cc1. The van der Waals surface area contributed by atoms with Crippen molar-refractivity contribution in [1.29, 1.82) is 0 Å². The van der Waals surface area contributed by atoms with Crippen molar-refractivity contribution < 1.29 is 9.53 Å². The van der Waals surface area contributed by atoms with Crippen LogP contribution >= 0.6 is 0 Å². The van der Waals surface area contributed by atoms with Crippen molar-refractivity contribution in [2.75, 3.05) is 33.7 Å². The lowest BCUT2D eigenvalue weighted by molar-refractivity contribution is 0.0703. The number of ether oxygens (including phenoxy) is 1. The van der Waals surface area contributed by atoms with Gasteiger partial charge in [-0.1, -0.05) is 0 Å². The van der Waals surface area contributed by atoms with E-state index in [4.69, 9.17) is 4.74 Å². The molecule has 6 heteroatoms. The molecule has 152 valence electrons. The van der Waals surface area contributed by atoms with Gasteiger partial charge in [0, 0.05) is 50.1 Å². The van der Waals surface area contributed by atoms with Gasteiger partial charge in [0.05, 0.1) is 6.10 Å². The van der Waals surface area contributed by atoms with Gasteiger partial charge in [0.25, 0.3) is 5.91 Å². The van der Waals surface area contributed by atoms with Gasteiger partial charge in [0.15, 0.2) is 0 Å². The summed E-state index contributed by atoms with van der Waals surface area (Å²) in [7, 11) is 4.16. The second-order valence-electron chi connectivity index (χ2n) is 8.06. The summed E-state index contributed by atoms with van der Waals surface area (Å²) in [6, 6.07) is 7.48. The van der Waals surface area contributed by atoms with Gasteiger partial charge in [-0.25, -0.2) is 4.98 Å². The number of hydrogen-bond acceptors (Lipinski definition) is 4. The number of likely N-dealkylation sites (tertiary alicyclic amines) is 1. The zero-order valence-corrected chi connectivity index (χ0v) is 17.5. The maximum Gasteiger partial charge on any atom is 0.253 e. The molecule has 1 aromatic carbocycles. The predicted molar refractivity (Wildman–Crippen MR) is 111 cm³/mol. The van der Waals surface area contributed by atoms with E-state index in [0.29, 0.717) is 11.5 Å². The number of hydrogen-bond donors (Lipinski definition) is 0. The quantitative estimate of drug-likeness (QED) is 0.735. The van der Waals surface area contributed by atoms with Crippen LogP contribution in [0, 0.1) is 0 Å². The third-order valence-corrected chi connectivity index (χ3v) is 5.08. The Kier molecular flexibility index (Phi) is 6.73. The van der Waals surface area contributed by atoms with Crippen molar-refractivity contribution in [3.8, 4) is 5.75 Å². The van der Waals surface area contributed by atoms with E-state index >= 15 is 0 Å². The number of likely N-dealkylation sites (N-methyl/N-ethyl adjacent to an activating group) is 1. The molecule has 0 aliphatic carbocycles. The molecular formula is C22H32N4O2. The van der Waals surface area contributed by atoms with Crippen molar-refractivity contribution in [2.24, 2.45) is 0 Å². The van der Waals surface area contributed by atoms with E-state index < -0.39 is 0 Å². The number of nitrogens with zero attached hydrogens (tertiary/aromatic N) is 4. The Morgan fingerprint density at radius 2 is 2.04 bits per heavy atom. The van der Waals surface area contributed by atoms with Crippen molar-refractivity contribution in [3.63, 3.8) is 0 Å². The molecular weight excluding hydrogens is 352 g/mol. The first-order valence-corrected chi connectivity index (χ1v) is 10.2. The molecule has 0 radical (unpaired) electrons. The second kappa shape index (κ2) is 9.24. The number of imidazole rings is 1. The number of amides is 1. The van der Waals surface area contributed by atoms with Crippen LogP contribution in [0.2, 0.25) is 0 Å². The Bertz CT molecular complexity index is 767. The summed E-state index contributed by atoms with van der Waals surface area (Å²) >= 11 is 0. The Morgan fingerprint density at radius 1 is 1.29 bits per heavy atom. The lowest BCUT2D eigenvalue weighted by Crippen LogP contribution is -2.39. The molecule has 1 fully saturated rings. The molecule has 1 saturated heterocycles. The van der Waals surface area contributed by atoms with E-state index in [1.807, 2.05) is 55.4 Å². The molecule has 0 N–H and O–H groups in total. The molecule has 0 bridgehead atoms. The molecule has 1 aliphatic rings. The van der Waals surface area contributed by atoms with Gasteiger partial charge < -0.3 is 19.1 Å². The van der Waals surface area contributed by atoms with Crippen LogP contribution in [0.15, 0.2) is 36.7 Å². The molecule has 6 nitrogen and oxygen atoms in total. The Labute approximate surface area is 168 Å². The number of aromatic nitrogens is 2. The standard InChI is InChI=1S/C22H32N4O2/c1-17(2)28-20-9-7-18(8-10-20)22(27)26-12-5-6-19(16-26)21-23-11-13-25(21)15-14-24(3)4/h7-11,13,17,19H,5-6,12,14-16H2,1-4H3/t19-/m1/s1. The zero-order chi connectivity index (χ0) is 20.1. The molecule has 1 amide bonds. The highest BCUT2D eigenvalue weighted by Crippen LogP contribution is 2.27. The summed E-state index contributed by atoms with van der Waals surface area (Å²) in [4.78, 5) is 21.8. The topological polar surface area (TPSA) is 50.6 Å². The van der Waals surface area contributed by atoms with E-state index in [1.54, 1.807) is 0 Å². The third kappa shape index (κ3) is 5.13. The molecule has 0 spiro atoms. The summed E-state index contributed by atoms with van der Waals surface area (Å²) in [6.45, 7) is 7.42. The van der Waals surface area contributed by atoms with Crippen LogP contribution in [-0.4, -0.2) is 65.1 Å². The largest absolute Gasteiger partial charge is 0.491 e. The summed E-state index contributed by atoms with van der Waals surface area (Å²) < 4.78 is 7.91. The number of carbonyl (C=O) groups excluding carboxylic acids is 1. The van der Waals surface area contributed by atoms with Crippen LogP contribution in [0.5, 0.6) is 5.75 Å². The van der Waals surface area contributed by atoms with Crippen molar-refractivity contribution in [1.82, 2.24) is 19.4 Å². The first-order chi connectivity index (χ1) is 13.4. The Hall–Kier alpha value is -2.34. The highest BCUT2D eigenvalue weighted by molar-refractivity contribution is 5.94. The fraction of sp³-hybridized carbons (Fsp3) is 0.545. The monoisotopic (exact) mass is 384 g/mol. The van der Waals surface area contributed by atoms with Crippen LogP contribution < -0.4 is 4.74 Å². The number of rotatable bonds is 7. The van der Waals surface area contributed by atoms with Crippen LogP contribution in [0.3, 0.4) is 0 Å². The fourth-order valence-electron chi connectivity index (χ4n) is 3.68. The highest BCUT2D eigenvalue weighted by Gasteiger charge is 2.28. The summed E-state index contributed by atoms with van der Waals surface area (Å²) in [5.41, 5.74) is 0.715. The van der Waals surface area contributed by atoms with Gasteiger partial charge in [-0.15, -0.1) is 0 Å². The lowest BCUT2D eigenvalue weighted by atomic mass is 9.96.